The average molecular weight is 384 g/mol. The maximum absolute atomic E-state index is 12.2. The second kappa shape index (κ2) is 7.71. The van der Waals surface area contributed by atoms with E-state index in [1.807, 2.05) is 16.9 Å². The molecule has 7 nitrogen and oxygen atoms in total. The third-order valence-electron chi connectivity index (χ3n) is 3.57. The molecule has 0 aliphatic rings. The van der Waals surface area contributed by atoms with Crippen LogP contribution in [0.3, 0.4) is 0 Å². The summed E-state index contributed by atoms with van der Waals surface area (Å²) >= 11 is 5.80. The lowest BCUT2D eigenvalue weighted by atomic mass is 10.1. The van der Waals surface area contributed by atoms with Gasteiger partial charge in [-0.3, -0.25) is 9.59 Å². The molecular formula is C16H18ClN3O4S. The molecule has 1 heterocycles. The zero-order chi connectivity index (χ0) is 18.6. The molecule has 0 radical (unpaired) electrons. The highest BCUT2D eigenvalue weighted by Gasteiger charge is 2.21. The number of amides is 2. The van der Waals surface area contributed by atoms with E-state index < -0.39 is 21.8 Å². The van der Waals surface area contributed by atoms with E-state index in [1.165, 1.54) is 17.8 Å². The van der Waals surface area contributed by atoms with Crippen molar-refractivity contribution in [2.45, 2.75) is 24.2 Å². The molecular weight excluding hydrogens is 366 g/mol. The highest BCUT2D eigenvalue weighted by atomic mass is 35.5. The predicted molar refractivity (Wildman–Crippen MR) is 93.6 cm³/mol. The highest BCUT2D eigenvalue weighted by molar-refractivity contribution is 7.90. The second-order valence-corrected chi connectivity index (χ2v) is 7.66. The van der Waals surface area contributed by atoms with Crippen LogP contribution in [-0.4, -0.2) is 24.8 Å². The number of nitrogens with zero attached hydrogens (tertiary/aromatic N) is 1. The lowest BCUT2D eigenvalue weighted by Crippen LogP contribution is -2.30. The molecule has 0 aliphatic heterocycles. The second-order valence-electron chi connectivity index (χ2n) is 5.54. The highest BCUT2D eigenvalue weighted by Crippen LogP contribution is 2.14. The number of primary amides is 1. The molecule has 0 saturated heterocycles. The molecule has 25 heavy (non-hydrogen) atoms. The van der Waals surface area contributed by atoms with Crippen molar-refractivity contribution in [1.29, 1.82) is 0 Å². The fourth-order valence-electron chi connectivity index (χ4n) is 2.29. The normalized spacial score (nSPS) is 11.3. The van der Waals surface area contributed by atoms with Crippen LogP contribution >= 0.6 is 11.6 Å². The molecule has 0 bridgehead atoms. The Labute approximate surface area is 150 Å². The third-order valence-corrected chi connectivity index (χ3v) is 5.17. The van der Waals surface area contributed by atoms with E-state index in [9.17, 15) is 18.0 Å². The maximum atomic E-state index is 12.2. The Balaban J connectivity index is 1.93. The molecule has 0 fully saturated rings. The number of carbonyl (C=O) groups is 2. The van der Waals surface area contributed by atoms with Crippen LogP contribution in [0.2, 0.25) is 5.02 Å². The molecule has 0 aliphatic carbocycles. The minimum Gasteiger partial charge on any atom is -0.364 e. The quantitative estimate of drug-likeness (QED) is 0.756. The number of nitrogens with two attached hydrogens (primary N) is 1. The number of aryl methyl sites for hydroxylation is 2. The van der Waals surface area contributed by atoms with Gasteiger partial charge in [-0.2, -0.15) is 0 Å². The Hall–Kier alpha value is -2.32. The Bertz CT molecular complexity index is 889. The van der Waals surface area contributed by atoms with Crippen molar-refractivity contribution in [2.75, 3.05) is 0 Å². The number of sulfonamides is 1. The van der Waals surface area contributed by atoms with E-state index in [0.717, 1.165) is 11.6 Å². The number of aromatic nitrogens is 1. The number of benzene rings is 1. The average Bonchev–Trinajstić information content (AvgIpc) is 2.92. The van der Waals surface area contributed by atoms with Gasteiger partial charge in [-0.1, -0.05) is 23.7 Å². The molecule has 134 valence electrons. The van der Waals surface area contributed by atoms with Crippen LogP contribution in [0.25, 0.3) is 0 Å². The zero-order valence-corrected chi connectivity index (χ0v) is 15.1. The van der Waals surface area contributed by atoms with Gasteiger partial charge in [-0.25, -0.2) is 13.1 Å². The van der Waals surface area contributed by atoms with Crippen molar-refractivity contribution in [3.8, 4) is 0 Å². The van der Waals surface area contributed by atoms with Crippen molar-refractivity contribution in [1.82, 2.24) is 9.29 Å². The van der Waals surface area contributed by atoms with Crippen LogP contribution in [-0.2, 0) is 28.3 Å². The molecule has 3 N–H and O–H groups in total. The summed E-state index contributed by atoms with van der Waals surface area (Å²) in [7, 11) is -2.55. The zero-order valence-electron chi connectivity index (χ0n) is 13.5. The number of halogens is 1. The summed E-state index contributed by atoms with van der Waals surface area (Å²) in [5.74, 6) is -1.36. The van der Waals surface area contributed by atoms with Gasteiger partial charge in [0.15, 0.2) is 0 Å². The van der Waals surface area contributed by atoms with Crippen molar-refractivity contribution in [3.05, 3.63) is 52.8 Å². The van der Waals surface area contributed by atoms with Crippen LogP contribution in [0.15, 0.2) is 41.4 Å². The van der Waals surface area contributed by atoms with Crippen LogP contribution in [0.5, 0.6) is 0 Å². The van der Waals surface area contributed by atoms with Crippen LogP contribution < -0.4 is 10.5 Å². The van der Waals surface area contributed by atoms with E-state index in [-0.39, 0.29) is 17.0 Å². The molecule has 9 heteroatoms. The summed E-state index contributed by atoms with van der Waals surface area (Å²) < 4.78 is 27.7. The third kappa shape index (κ3) is 5.07. The smallest absolute Gasteiger partial charge is 0.265 e. The van der Waals surface area contributed by atoms with Crippen molar-refractivity contribution in [2.24, 2.45) is 12.8 Å². The van der Waals surface area contributed by atoms with Crippen molar-refractivity contribution < 1.29 is 18.0 Å². The van der Waals surface area contributed by atoms with Gasteiger partial charge in [0.1, 0.15) is 10.6 Å². The van der Waals surface area contributed by atoms with Crippen LogP contribution in [0.1, 0.15) is 28.9 Å². The standard InChI is InChI=1S/C16H18ClN3O4S/c1-20-10-13(9-14(20)16(18)22)25(23,24)19-15(21)4-2-3-11-5-7-12(17)8-6-11/h5-10H,2-4H2,1H3,(H2,18,22)(H,19,21). The lowest BCUT2D eigenvalue weighted by Gasteiger charge is -2.05. The van der Waals surface area contributed by atoms with E-state index in [4.69, 9.17) is 17.3 Å². The minimum absolute atomic E-state index is 0.0376. The summed E-state index contributed by atoms with van der Waals surface area (Å²) in [6, 6.07) is 8.35. The first-order valence-electron chi connectivity index (χ1n) is 7.45. The topological polar surface area (TPSA) is 111 Å². The number of hydrogen-bond acceptors (Lipinski definition) is 4. The largest absolute Gasteiger partial charge is 0.364 e. The molecule has 0 unspecified atom stereocenters. The molecule has 2 aromatic rings. The van der Waals surface area contributed by atoms with Gasteiger partial charge < -0.3 is 10.3 Å². The summed E-state index contributed by atoms with van der Waals surface area (Å²) in [6.07, 6.45) is 2.40. The first kappa shape index (κ1) is 19.0. The maximum Gasteiger partial charge on any atom is 0.265 e. The molecule has 2 rings (SSSR count). The summed E-state index contributed by atoms with van der Waals surface area (Å²) in [4.78, 5) is 22.9. The number of nitrogens with one attached hydrogen (secondary N) is 1. The van der Waals surface area contributed by atoms with E-state index in [1.54, 1.807) is 12.1 Å². The molecule has 0 spiro atoms. The first-order chi connectivity index (χ1) is 11.7. The monoisotopic (exact) mass is 383 g/mol. The van der Waals surface area contributed by atoms with Gasteiger partial charge in [-0.05, 0) is 36.6 Å². The Kier molecular flexibility index (Phi) is 5.86. The summed E-state index contributed by atoms with van der Waals surface area (Å²) in [5, 5.41) is 0.630. The van der Waals surface area contributed by atoms with Crippen LogP contribution in [0, 0.1) is 0 Å². The van der Waals surface area contributed by atoms with Gasteiger partial charge in [0.2, 0.25) is 5.91 Å². The van der Waals surface area contributed by atoms with Gasteiger partial charge in [0.25, 0.3) is 15.9 Å². The van der Waals surface area contributed by atoms with E-state index in [0.29, 0.717) is 17.9 Å². The molecule has 0 atom stereocenters. The summed E-state index contributed by atoms with van der Waals surface area (Å²) in [5.41, 5.74) is 6.20. The molecule has 1 aromatic heterocycles. The van der Waals surface area contributed by atoms with E-state index in [2.05, 4.69) is 0 Å². The van der Waals surface area contributed by atoms with Crippen molar-refractivity contribution in [3.63, 3.8) is 0 Å². The molecule has 1 aromatic carbocycles. The first-order valence-corrected chi connectivity index (χ1v) is 9.31. The molecule has 0 saturated carbocycles. The fourth-order valence-corrected chi connectivity index (χ4v) is 3.50. The predicted octanol–water partition coefficient (Wildman–Crippen LogP) is 1.61. The van der Waals surface area contributed by atoms with Gasteiger partial charge in [-0.15, -0.1) is 0 Å². The van der Waals surface area contributed by atoms with Crippen molar-refractivity contribution >= 4 is 33.4 Å². The van der Waals surface area contributed by atoms with Gasteiger partial charge >= 0.3 is 0 Å². The fraction of sp³-hybridized carbons (Fsp3) is 0.250. The van der Waals surface area contributed by atoms with Gasteiger partial charge in [0.05, 0.1) is 0 Å². The number of carbonyl (C=O) groups excluding carboxylic acids is 2. The van der Waals surface area contributed by atoms with Crippen LogP contribution in [0.4, 0.5) is 0 Å². The number of hydrogen-bond donors (Lipinski definition) is 2. The Morgan fingerprint density at radius 1 is 1.24 bits per heavy atom. The minimum atomic E-state index is -4.04. The molecule has 2 amide bonds. The Morgan fingerprint density at radius 2 is 1.88 bits per heavy atom. The summed E-state index contributed by atoms with van der Waals surface area (Å²) in [6.45, 7) is 0. The number of rotatable bonds is 7. The Morgan fingerprint density at radius 3 is 2.44 bits per heavy atom. The van der Waals surface area contributed by atoms with Gasteiger partial charge in [0, 0.05) is 24.7 Å². The van der Waals surface area contributed by atoms with E-state index >= 15 is 0 Å². The SMILES string of the molecule is Cn1cc(S(=O)(=O)NC(=O)CCCc2ccc(Cl)cc2)cc1C(N)=O. The lowest BCUT2D eigenvalue weighted by molar-refractivity contribution is -0.119.